The molecule has 4 heteroatoms. The highest BCUT2D eigenvalue weighted by molar-refractivity contribution is 5.68. The minimum atomic E-state index is 0.0542. The van der Waals surface area contributed by atoms with E-state index in [-0.39, 0.29) is 5.41 Å². The fraction of sp³-hybridized carbons (Fsp3) is 0.625. The van der Waals surface area contributed by atoms with Crippen molar-refractivity contribution in [3.05, 3.63) is 24.2 Å². The Morgan fingerprint density at radius 3 is 2.55 bits per heavy atom. The highest BCUT2D eigenvalue weighted by Crippen LogP contribution is 2.24. The summed E-state index contributed by atoms with van der Waals surface area (Å²) in [4.78, 5) is 4.47. The molecule has 4 nitrogen and oxygen atoms in total. The summed E-state index contributed by atoms with van der Waals surface area (Å²) in [6.07, 6.45) is 6.10. The number of aromatic nitrogens is 3. The van der Waals surface area contributed by atoms with Crippen LogP contribution in [0.1, 0.15) is 53.2 Å². The lowest BCUT2D eigenvalue weighted by Crippen LogP contribution is -2.14. The molecule has 2 heterocycles. The molecule has 0 saturated carbocycles. The second kappa shape index (κ2) is 5.81. The zero-order chi connectivity index (χ0) is 14.8. The van der Waals surface area contributed by atoms with Crippen LogP contribution in [0.4, 0.5) is 5.82 Å². The van der Waals surface area contributed by atoms with E-state index >= 15 is 0 Å². The Labute approximate surface area is 121 Å². The molecule has 0 unspecified atom stereocenters. The Kier molecular flexibility index (Phi) is 4.31. The molecule has 0 aromatic carbocycles. The Morgan fingerprint density at radius 1 is 1.25 bits per heavy atom. The molecule has 0 aliphatic heterocycles. The van der Waals surface area contributed by atoms with Gasteiger partial charge in [-0.2, -0.15) is 5.10 Å². The summed E-state index contributed by atoms with van der Waals surface area (Å²) < 4.78 is 1.92. The number of nitrogens with one attached hydrogen (secondary N) is 1. The van der Waals surface area contributed by atoms with Crippen molar-refractivity contribution in [1.82, 2.24) is 14.6 Å². The highest BCUT2D eigenvalue weighted by atomic mass is 15.2. The van der Waals surface area contributed by atoms with Crippen LogP contribution in [0.3, 0.4) is 0 Å². The second-order valence-corrected chi connectivity index (χ2v) is 6.45. The van der Waals surface area contributed by atoms with Crippen LogP contribution in [0.25, 0.3) is 5.52 Å². The number of hydrogen-bond acceptors (Lipinski definition) is 3. The smallest absolute Gasteiger partial charge is 0.152 e. The Balaban J connectivity index is 2.27. The third-order valence-corrected chi connectivity index (χ3v) is 3.87. The van der Waals surface area contributed by atoms with E-state index in [0.717, 1.165) is 23.6 Å². The van der Waals surface area contributed by atoms with Gasteiger partial charge in [0.15, 0.2) is 5.82 Å². The molecule has 2 rings (SSSR count). The van der Waals surface area contributed by atoms with Gasteiger partial charge in [-0.1, -0.05) is 47.5 Å². The van der Waals surface area contributed by atoms with Crippen LogP contribution in [0.5, 0.6) is 0 Å². The van der Waals surface area contributed by atoms with Crippen molar-refractivity contribution in [2.45, 2.75) is 52.9 Å². The Bertz CT molecular complexity index is 561. The molecule has 0 aliphatic rings. The molecular formula is C16H26N4. The molecule has 20 heavy (non-hydrogen) atoms. The van der Waals surface area contributed by atoms with Gasteiger partial charge >= 0.3 is 0 Å². The summed E-state index contributed by atoms with van der Waals surface area (Å²) in [5.74, 6) is 1.63. The highest BCUT2D eigenvalue weighted by Gasteiger charge is 2.19. The third kappa shape index (κ3) is 3.11. The van der Waals surface area contributed by atoms with Crippen LogP contribution in [-0.2, 0) is 5.41 Å². The molecule has 0 atom stereocenters. The van der Waals surface area contributed by atoms with Crippen LogP contribution < -0.4 is 5.32 Å². The molecular weight excluding hydrogens is 248 g/mol. The number of rotatable bonds is 5. The van der Waals surface area contributed by atoms with E-state index < -0.39 is 0 Å². The number of anilines is 1. The van der Waals surface area contributed by atoms with Gasteiger partial charge in [0, 0.05) is 24.4 Å². The summed E-state index contributed by atoms with van der Waals surface area (Å²) in [7, 11) is 0. The van der Waals surface area contributed by atoms with Crippen molar-refractivity contribution >= 4 is 11.3 Å². The SMILES string of the molecule is CCC(CC)CNc1nccn2nc(C(C)(C)C)cc12. The number of nitrogens with zero attached hydrogens (tertiary/aromatic N) is 3. The molecule has 0 fully saturated rings. The van der Waals surface area contributed by atoms with Gasteiger partial charge in [0.2, 0.25) is 0 Å². The van der Waals surface area contributed by atoms with Gasteiger partial charge in [0.05, 0.1) is 5.69 Å². The predicted molar refractivity (Wildman–Crippen MR) is 84.2 cm³/mol. The van der Waals surface area contributed by atoms with Crippen molar-refractivity contribution in [3.8, 4) is 0 Å². The molecule has 0 radical (unpaired) electrons. The number of fused-ring (bicyclic) bond motifs is 1. The van der Waals surface area contributed by atoms with Crippen molar-refractivity contribution in [1.29, 1.82) is 0 Å². The predicted octanol–water partition coefficient (Wildman–Crippen LogP) is 3.87. The van der Waals surface area contributed by atoms with E-state index in [9.17, 15) is 0 Å². The average Bonchev–Trinajstić information content (AvgIpc) is 2.84. The van der Waals surface area contributed by atoms with Gasteiger partial charge in [0.25, 0.3) is 0 Å². The van der Waals surface area contributed by atoms with E-state index in [0.29, 0.717) is 5.92 Å². The molecule has 0 bridgehead atoms. The normalized spacial score (nSPS) is 12.3. The summed E-state index contributed by atoms with van der Waals surface area (Å²) in [6, 6.07) is 2.14. The minimum absolute atomic E-state index is 0.0542. The van der Waals surface area contributed by atoms with Gasteiger partial charge in [-0.15, -0.1) is 0 Å². The van der Waals surface area contributed by atoms with Crippen LogP contribution in [-0.4, -0.2) is 21.1 Å². The largest absolute Gasteiger partial charge is 0.368 e. The first-order chi connectivity index (χ1) is 9.45. The monoisotopic (exact) mass is 274 g/mol. The maximum Gasteiger partial charge on any atom is 0.152 e. The van der Waals surface area contributed by atoms with Gasteiger partial charge < -0.3 is 5.32 Å². The van der Waals surface area contributed by atoms with Crippen molar-refractivity contribution in [3.63, 3.8) is 0 Å². The standard InChI is InChI=1S/C16H26N4/c1-6-12(7-2)11-18-15-13-10-14(16(3,4)5)19-20(13)9-8-17-15/h8-10,12H,6-7,11H2,1-5H3,(H,17,18). The average molecular weight is 274 g/mol. The van der Waals surface area contributed by atoms with E-state index in [4.69, 9.17) is 0 Å². The van der Waals surface area contributed by atoms with Crippen LogP contribution >= 0.6 is 0 Å². The third-order valence-electron chi connectivity index (χ3n) is 3.87. The van der Waals surface area contributed by atoms with E-state index in [1.165, 1.54) is 12.8 Å². The molecule has 110 valence electrons. The van der Waals surface area contributed by atoms with Crippen molar-refractivity contribution < 1.29 is 0 Å². The van der Waals surface area contributed by atoms with Crippen LogP contribution in [0.15, 0.2) is 18.5 Å². The quantitative estimate of drug-likeness (QED) is 0.899. The van der Waals surface area contributed by atoms with Crippen LogP contribution in [0.2, 0.25) is 0 Å². The Morgan fingerprint density at radius 2 is 1.95 bits per heavy atom. The first kappa shape index (κ1) is 14.8. The van der Waals surface area contributed by atoms with E-state index in [1.807, 2.05) is 16.9 Å². The van der Waals surface area contributed by atoms with Crippen molar-refractivity contribution in [2.75, 3.05) is 11.9 Å². The zero-order valence-corrected chi connectivity index (χ0v) is 13.3. The molecule has 0 amide bonds. The molecule has 2 aromatic heterocycles. The van der Waals surface area contributed by atoms with Crippen LogP contribution in [0, 0.1) is 5.92 Å². The summed E-state index contributed by atoms with van der Waals surface area (Å²) in [5, 5.41) is 8.13. The lowest BCUT2D eigenvalue weighted by molar-refractivity contribution is 0.518. The molecule has 0 spiro atoms. The lowest BCUT2D eigenvalue weighted by Gasteiger charge is -2.14. The molecule has 0 saturated heterocycles. The minimum Gasteiger partial charge on any atom is -0.368 e. The molecule has 0 aliphatic carbocycles. The molecule has 2 aromatic rings. The number of hydrogen-bond donors (Lipinski definition) is 1. The van der Waals surface area contributed by atoms with E-state index in [1.54, 1.807) is 0 Å². The van der Waals surface area contributed by atoms with E-state index in [2.05, 4.69) is 56.1 Å². The van der Waals surface area contributed by atoms with Gasteiger partial charge in [-0.3, -0.25) is 0 Å². The van der Waals surface area contributed by atoms with Gasteiger partial charge in [-0.25, -0.2) is 9.50 Å². The fourth-order valence-corrected chi connectivity index (χ4v) is 2.24. The maximum atomic E-state index is 4.65. The van der Waals surface area contributed by atoms with Gasteiger partial charge in [0.1, 0.15) is 5.52 Å². The topological polar surface area (TPSA) is 42.2 Å². The van der Waals surface area contributed by atoms with Crippen molar-refractivity contribution in [2.24, 2.45) is 5.92 Å². The van der Waals surface area contributed by atoms with Gasteiger partial charge in [-0.05, 0) is 12.0 Å². The first-order valence-electron chi connectivity index (χ1n) is 7.54. The second-order valence-electron chi connectivity index (χ2n) is 6.45. The lowest BCUT2D eigenvalue weighted by atomic mass is 9.92. The molecule has 1 N–H and O–H groups in total. The summed E-state index contributed by atoms with van der Waals surface area (Å²) in [6.45, 7) is 12.0. The maximum absolute atomic E-state index is 4.65. The zero-order valence-electron chi connectivity index (χ0n) is 13.3. The fourth-order valence-electron chi connectivity index (χ4n) is 2.24. The summed E-state index contributed by atoms with van der Waals surface area (Å²) in [5.41, 5.74) is 2.21. The Hall–Kier alpha value is -1.58. The summed E-state index contributed by atoms with van der Waals surface area (Å²) >= 11 is 0. The first-order valence-corrected chi connectivity index (χ1v) is 7.54.